The predicted molar refractivity (Wildman–Crippen MR) is 45.9 cm³/mol. The van der Waals surface area contributed by atoms with Crippen LogP contribution in [0.15, 0.2) is 0 Å². The Morgan fingerprint density at radius 2 is 1.64 bits per heavy atom. The molecule has 11 heavy (non-hydrogen) atoms. The first-order chi connectivity index (χ1) is 4.65. The molecule has 0 aliphatic heterocycles. The third-order valence-corrected chi connectivity index (χ3v) is 1.56. The normalized spacial score (nSPS) is 13.2. The van der Waals surface area contributed by atoms with Crippen LogP contribution in [0.1, 0.15) is 34.1 Å². The molecule has 0 saturated carbocycles. The fourth-order valence-electron chi connectivity index (χ4n) is 1.23. The van der Waals surface area contributed by atoms with Crippen molar-refractivity contribution in [1.82, 2.24) is 0 Å². The summed E-state index contributed by atoms with van der Waals surface area (Å²) in [5.41, 5.74) is 10.1. The van der Waals surface area contributed by atoms with Crippen LogP contribution in [0.2, 0.25) is 0 Å². The Hall–Kier alpha value is -0.570. The van der Waals surface area contributed by atoms with Gasteiger partial charge in [-0.05, 0) is 20.3 Å². The fourth-order valence-corrected chi connectivity index (χ4v) is 1.23. The van der Waals surface area contributed by atoms with Crippen LogP contribution in [0.5, 0.6) is 0 Å². The maximum atomic E-state index is 10.9. The first-order valence-electron chi connectivity index (χ1n) is 3.74. The molecule has 3 nitrogen and oxygen atoms in total. The topological polar surface area (TPSA) is 69.1 Å². The number of hydrogen-bond donors (Lipinski definition) is 2. The highest BCUT2D eigenvalue weighted by Gasteiger charge is 2.30. The van der Waals surface area contributed by atoms with Crippen LogP contribution < -0.4 is 11.5 Å². The van der Waals surface area contributed by atoms with E-state index in [2.05, 4.69) is 0 Å². The van der Waals surface area contributed by atoms with Crippen LogP contribution in [0, 0.1) is 5.41 Å². The number of primary amides is 1. The van der Waals surface area contributed by atoms with Crippen molar-refractivity contribution in [2.24, 2.45) is 16.9 Å². The molecule has 0 aliphatic carbocycles. The Morgan fingerprint density at radius 3 is 1.73 bits per heavy atom. The van der Waals surface area contributed by atoms with E-state index in [9.17, 15) is 4.79 Å². The Morgan fingerprint density at radius 1 is 1.27 bits per heavy atom. The summed E-state index contributed by atoms with van der Waals surface area (Å²) in [6.45, 7) is 7.39. The van der Waals surface area contributed by atoms with Gasteiger partial charge in [-0.3, -0.25) is 4.79 Å². The molecule has 0 aromatic rings. The fraction of sp³-hybridized carbons (Fsp3) is 0.875. The molecule has 3 heteroatoms. The van der Waals surface area contributed by atoms with Crippen LogP contribution in [0.4, 0.5) is 0 Å². The Bertz CT molecular complexity index is 156. The lowest BCUT2D eigenvalue weighted by atomic mass is 9.80. The molecule has 1 amide bonds. The molecule has 0 rings (SSSR count). The zero-order chi connectivity index (χ0) is 9.28. The van der Waals surface area contributed by atoms with Crippen LogP contribution in [0.3, 0.4) is 0 Å². The van der Waals surface area contributed by atoms with Crippen molar-refractivity contribution in [3.8, 4) is 0 Å². The third-order valence-electron chi connectivity index (χ3n) is 1.56. The summed E-state index contributed by atoms with van der Waals surface area (Å²) in [7, 11) is 0. The molecule has 0 fully saturated rings. The van der Waals surface area contributed by atoms with E-state index >= 15 is 0 Å². The van der Waals surface area contributed by atoms with E-state index in [0.29, 0.717) is 6.42 Å². The zero-order valence-electron chi connectivity index (χ0n) is 7.77. The smallest absolute Gasteiger partial charge is 0.223 e. The second-order valence-electron chi connectivity index (χ2n) is 4.41. The lowest BCUT2D eigenvalue weighted by Gasteiger charge is -2.29. The first kappa shape index (κ1) is 10.4. The van der Waals surface area contributed by atoms with Crippen LogP contribution in [-0.2, 0) is 4.79 Å². The van der Waals surface area contributed by atoms with Gasteiger partial charge in [-0.1, -0.05) is 13.8 Å². The number of amides is 1. The lowest BCUT2D eigenvalue weighted by molar-refractivity contribution is -0.126. The van der Waals surface area contributed by atoms with Crippen molar-refractivity contribution in [2.75, 3.05) is 0 Å². The maximum Gasteiger partial charge on any atom is 0.223 e. The molecule has 0 spiro atoms. The highest BCUT2D eigenvalue weighted by Crippen LogP contribution is 2.25. The molecule has 66 valence electrons. The Labute approximate surface area is 68.1 Å². The minimum atomic E-state index is -0.502. The van der Waals surface area contributed by atoms with Gasteiger partial charge in [0, 0.05) is 11.0 Å². The molecular formula is C8H18N2O. The molecule has 4 N–H and O–H groups in total. The molecule has 0 atom stereocenters. The summed E-state index contributed by atoms with van der Waals surface area (Å²) in [6, 6.07) is 0. The summed E-state index contributed by atoms with van der Waals surface area (Å²) in [4.78, 5) is 10.9. The number of nitrogens with two attached hydrogens (primary N) is 2. The van der Waals surface area contributed by atoms with Gasteiger partial charge < -0.3 is 11.5 Å². The SMILES string of the molecule is CC(C)(N)CC(C)(C)C(N)=O. The molecule has 0 aliphatic rings. The standard InChI is InChI=1S/C8H18N2O/c1-7(2,6(9)11)5-8(3,4)10/h5,10H2,1-4H3,(H2,9,11). The molecular weight excluding hydrogens is 140 g/mol. The molecule has 0 aromatic heterocycles. The predicted octanol–water partition coefficient (Wildman–Crippen LogP) is 0.625. The van der Waals surface area contributed by atoms with Crippen molar-refractivity contribution < 1.29 is 4.79 Å². The van der Waals surface area contributed by atoms with Gasteiger partial charge in [0.1, 0.15) is 0 Å². The van der Waals surface area contributed by atoms with Gasteiger partial charge in [0.15, 0.2) is 0 Å². The highest BCUT2D eigenvalue weighted by molar-refractivity contribution is 5.79. The second kappa shape index (κ2) is 2.81. The molecule has 0 heterocycles. The molecule has 0 bridgehead atoms. The number of carbonyl (C=O) groups excluding carboxylic acids is 1. The Kier molecular flexibility index (Phi) is 2.67. The second-order valence-corrected chi connectivity index (χ2v) is 4.41. The van der Waals surface area contributed by atoms with Crippen molar-refractivity contribution in [3.63, 3.8) is 0 Å². The molecule has 0 unspecified atom stereocenters. The minimum absolute atomic E-state index is 0.295. The summed E-state index contributed by atoms with van der Waals surface area (Å²) < 4.78 is 0. The van der Waals surface area contributed by atoms with Crippen molar-refractivity contribution in [2.45, 2.75) is 39.7 Å². The van der Waals surface area contributed by atoms with Crippen LogP contribution in [-0.4, -0.2) is 11.4 Å². The van der Waals surface area contributed by atoms with Gasteiger partial charge in [-0.2, -0.15) is 0 Å². The van der Waals surface area contributed by atoms with E-state index in [1.807, 2.05) is 27.7 Å². The molecule has 0 radical (unpaired) electrons. The maximum absolute atomic E-state index is 10.9. The van der Waals surface area contributed by atoms with E-state index < -0.39 is 5.41 Å². The number of hydrogen-bond acceptors (Lipinski definition) is 2. The van der Waals surface area contributed by atoms with Crippen molar-refractivity contribution in [3.05, 3.63) is 0 Å². The molecule has 0 aromatic carbocycles. The van der Waals surface area contributed by atoms with E-state index in [1.54, 1.807) is 0 Å². The van der Waals surface area contributed by atoms with Gasteiger partial charge >= 0.3 is 0 Å². The van der Waals surface area contributed by atoms with Crippen molar-refractivity contribution >= 4 is 5.91 Å². The minimum Gasteiger partial charge on any atom is -0.369 e. The third kappa shape index (κ3) is 3.98. The zero-order valence-corrected chi connectivity index (χ0v) is 7.77. The molecule has 0 saturated heterocycles. The lowest BCUT2D eigenvalue weighted by Crippen LogP contribution is -2.43. The van der Waals surface area contributed by atoms with Gasteiger partial charge in [-0.15, -0.1) is 0 Å². The number of rotatable bonds is 3. The van der Waals surface area contributed by atoms with Gasteiger partial charge in [0.25, 0.3) is 0 Å². The first-order valence-corrected chi connectivity index (χ1v) is 3.74. The average molecular weight is 158 g/mol. The summed E-state index contributed by atoms with van der Waals surface area (Å²) in [5, 5.41) is 0. The average Bonchev–Trinajstić information content (AvgIpc) is 1.56. The highest BCUT2D eigenvalue weighted by atomic mass is 16.1. The summed E-state index contributed by atoms with van der Waals surface area (Å²) >= 11 is 0. The van der Waals surface area contributed by atoms with Crippen molar-refractivity contribution in [1.29, 1.82) is 0 Å². The van der Waals surface area contributed by atoms with E-state index in [0.717, 1.165) is 0 Å². The Balaban J connectivity index is 4.25. The summed E-state index contributed by atoms with van der Waals surface area (Å²) in [5.74, 6) is -0.295. The van der Waals surface area contributed by atoms with E-state index in [-0.39, 0.29) is 11.4 Å². The van der Waals surface area contributed by atoms with Gasteiger partial charge in [-0.25, -0.2) is 0 Å². The largest absolute Gasteiger partial charge is 0.369 e. The van der Waals surface area contributed by atoms with Gasteiger partial charge in [0.2, 0.25) is 5.91 Å². The van der Waals surface area contributed by atoms with Crippen LogP contribution in [0.25, 0.3) is 0 Å². The monoisotopic (exact) mass is 158 g/mol. The van der Waals surface area contributed by atoms with E-state index in [4.69, 9.17) is 11.5 Å². The van der Waals surface area contributed by atoms with Gasteiger partial charge in [0.05, 0.1) is 0 Å². The van der Waals surface area contributed by atoms with Crippen LogP contribution >= 0.6 is 0 Å². The summed E-state index contributed by atoms with van der Waals surface area (Å²) in [6.07, 6.45) is 0.606. The number of carbonyl (C=O) groups is 1. The quantitative estimate of drug-likeness (QED) is 0.632. The van der Waals surface area contributed by atoms with E-state index in [1.165, 1.54) is 0 Å².